The molecule has 3 unspecified atom stereocenters. The van der Waals surface area contributed by atoms with Gasteiger partial charge in [-0.3, -0.25) is 4.79 Å². The molecule has 2 rings (SSSR count). The number of fused-ring (bicyclic) bond motifs is 1. The number of rotatable bonds is 2. The highest BCUT2D eigenvalue weighted by atomic mass is 16.1. The minimum Gasteiger partial charge on any atom is -0.303 e. The van der Waals surface area contributed by atoms with Crippen LogP contribution in [0, 0.1) is 23.2 Å². The summed E-state index contributed by atoms with van der Waals surface area (Å²) in [6.07, 6.45) is 6.06. The van der Waals surface area contributed by atoms with Crippen molar-refractivity contribution in [2.75, 3.05) is 0 Å². The van der Waals surface area contributed by atoms with E-state index in [-0.39, 0.29) is 17.3 Å². The smallest absolute Gasteiger partial charge is 0.136 e. The van der Waals surface area contributed by atoms with Crippen molar-refractivity contribution in [3.63, 3.8) is 0 Å². The predicted molar refractivity (Wildman–Crippen MR) is 81.1 cm³/mol. The maximum absolute atomic E-state index is 11.8. The van der Waals surface area contributed by atoms with Gasteiger partial charge in [-0.05, 0) is 37.0 Å². The van der Waals surface area contributed by atoms with E-state index in [2.05, 4.69) is 6.92 Å². The van der Waals surface area contributed by atoms with Gasteiger partial charge in [0.1, 0.15) is 12.1 Å². The van der Waals surface area contributed by atoms with Crippen LogP contribution in [0.15, 0.2) is 0 Å². The molecule has 0 saturated heterocycles. The van der Waals surface area contributed by atoms with E-state index in [1.54, 1.807) is 0 Å². The lowest BCUT2D eigenvalue weighted by atomic mass is 9.62. The number of carbonyl (C=O) groups is 2. The van der Waals surface area contributed by atoms with Gasteiger partial charge in [0.25, 0.3) is 0 Å². The molecule has 0 spiro atoms. The second kappa shape index (κ2) is 8.50. The normalized spacial score (nSPS) is 34.1. The zero-order valence-electron chi connectivity index (χ0n) is 13.7. The molecule has 2 heteroatoms. The summed E-state index contributed by atoms with van der Waals surface area (Å²) in [6.45, 7) is 12.2. The molecule has 2 aliphatic rings. The number of ketones is 1. The monoisotopic (exact) mass is 268 g/mol. The molecule has 0 bridgehead atoms. The molecule has 0 aromatic heterocycles. The molecule has 0 aromatic carbocycles. The van der Waals surface area contributed by atoms with Gasteiger partial charge in [0.15, 0.2) is 0 Å². The fourth-order valence-electron chi connectivity index (χ4n) is 3.93. The van der Waals surface area contributed by atoms with Crippen LogP contribution in [0.25, 0.3) is 0 Å². The molecule has 19 heavy (non-hydrogen) atoms. The van der Waals surface area contributed by atoms with Crippen LogP contribution in [0.4, 0.5) is 0 Å². The summed E-state index contributed by atoms with van der Waals surface area (Å²) in [5.74, 6) is 1.25. The van der Waals surface area contributed by atoms with Crippen molar-refractivity contribution in [1.82, 2.24) is 0 Å². The molecule has 112 valence electrons. The lowest BCUT2D eigenvalue weighted by molar-refractivity contribution is -0.131. The van der Waals surface area contributed by atoms with E-state index in [4.69, 9.17) is 0 Å². The first kappa shape index (κ1) is 18.3. The van der Waals surface area contributed by atoms with Crippen LogP contribution in [0.3, 0.4) is 0 Å². The molecule has 0 heterocycles. The third-order valence-corrected chi connectivity index (χ3v) is 4.79. The Morgan fingerprint density at radius 1 is 1.21 bits per heavy atom. The average Bonchev–Trinajstić information content (AvgIpc) is 2.81. The Morgan fingerprint density at radius 3 is 2.32 bits per heavy atom. The van der Waals surface area contributed by atoms with Gasteiger partial charge in [-0.15, -0.1) is 0 Å². The highest BCUT2D eigenvalue weighted by molar-refractivity contribution is 5.83. The van der Waals surface area contributed by atoms with Gasteiger partial charge in [0.05, 0.1) is 0 Å². The maximum atomic E-state index is 11.8. The fraction of sp³-hybridized carbons (Fsp3) is 0.882. The second-order valence-corrected chi connectivity index (χ2v) is 5.56. The Labute approximate surface area is 119 Å². The quantitative estimate of drug-likeness (QED) is 0.683. The van der Waals surface area contributed by atoms with Crippen LogP contribution in [0.2, 0.25) is 0 Å². The molecule has 2 aliphatic carbocycles. The predicted octanol–water partition coefficient (Wildman–Crippen LogP) is 4.66. The molecule has 0 radical (unpaired) electrons. The molecule has 0 amide bonds. The van der Waals surface area contributed by atoms with Gasteiger partial charge in [-0.25, -0.2) is 0 Å². The summed E-state index contributed by atoms with van der Waals surface area (Å²) in [5.41, 5.74) is 0.121. The van der Waals surface area contributed by atoms with Crippen molar-refractivity contribution in [3.05, 3.63) is 0 Å². The van der Waals surface area contributed by atoms with E-state index in [9.17, 15) is 9.59 Å². The topological polar surface area (TPSA) is 34.1 Å². The molecular formula is C17H32O2. The summed E-state index contributed by atoms with van der Waals surface area (Å²) >= 11 is 0. The molecular weight excluding hydrogens is 236 g/mol. The minimum absolute atomic E-state index is 0.117. The molecule has 0 aromatic rings. The molecule has 2 saturated carbocycles. The summed E-state index contributed by atoms with van der Waals surface area (Å²) in [5, 5.41) is 0. The lowest BCUT2D eigenvalue weighted by Crippen LogP contribution is -2.39. The van der Waals surface area contributed by atoms with Crippen molar-refractivity contribution in [2.24, 2.45) is 23.2 Å². The fourth-order valence-corrected chi connectivity index (χ4v) is 3.93. The maximum Gasteiger partial charge on any atom is 0.136 e. The standard InChI is InChI=1S/C13H20O2.2C2H6/c1-9(8-14)10-5-6-11-12(15)4-3-7-13(10,11)2;2*1-2/h8-11H,3-7H2,1-2H3;2*1-2H3/t9-,10?,11?,13?;;/m1../s1. The summed E-state index contributed by atoms with van der Waals surface area (Å²) in [6, 6.07) is 0. The van der Waals surface area contributed by atoms with Gasteiger partial charge in [0, 0.05) is 18.3 Å². The largest absolute Gasteiger partial charge is 0.303 e. The lowest BCUT2D eigenvalue weighted by Gasteiger charge is -2.41. The van der Waals surface area contributed by atoms with Gasteiger partial charge in [-0.1, -0.05) is 41.5 Å². The number of carbonyl (C=O) groups excluding carboxylic acids is 2. The van der Waals surface area contributed by atoms with Crippen molar-refractivity contribution in [3.8, 4) is 0 Å². The van der Waals surface area contributed by atoms with Crippen LogP contribution in [0.5, 0.6) is 0 Å². The third-order valence-electron chi connectivity index (χ3n) is 4.79. The highest BCUT2D eigenvalue weighted by Crippen LogP contribution is 2.56. The number of hydrogen-bond donors (Lipinski definition) is 0. The molecule has 0 aliphatic heterocycles. The Balaban J connectivity index is 0.000000741. The van der Waals surface area contributed by atoms with E-state index in [1.807, 2.05) is 34.6 Å². The van der Waals surface area contributed by atoms with Crippen LogP contribution in [0.1, 0.15) is 73.6 Å². The van der Waals surface area contributed by atoms with Crippen molar-refractivity contribution < 1.29 is 9.59 Å². The van der Waals surface area contributed by atoms with E-state index >= 15 is 0 Å². The Morgan fingerprint density at radius 2 is 1.79 bits per heavy atom. The zero-order chi connectivity index (χ0) is 15.1. The van der Waals surface area contributed by atoms with Gasteiger partial charge in [0.2, 0.25) is 0 Å². The van der Waals surface area contributed by atoms with E-state index in [1.165, 1.54) is 0 Å². The van der Waals surface area contributed by atoms with Crippen LogP contribution in [-0.2, 0) is 9.59 Å². The first-order chi connectivity index (χ1) is 9.09. The average molecular weight is 268 g/mol. The summed E-state index contributed by atoms with van der Waals surface area (Å²) in [4.78, 5) is 22.8. The second-order valence-electron chi connectivity index (χ2n) is 5.56. The van der Waals surface area contributed by atoms with E-state index in [0.29, 0.717) is 11.7 Å². The first-order valence-corrected chi connectivity index (χ1v) is 8.07. The van der Waals surface area contributed by atoms with Gasteiger partial charge < -0.3 is 4.79 Å². The minimum atomic E-state index is 0.117. The molecule has 4 atom stereocenters. The SMILES string of the molecule is CC.CC.C[C@H](C=O)C1CCC2C(=O)CCCC21C. The van der Waals surface area contributed by atoms with Crippen LogP contribution < -0.4 is 0 Å². The first-order valence-electron chi connectivity index (χ1n) is 8.07. The van der Waals surface area contributed by atoms with Crippen LogP contribution in [-0.4, -0.2) is 12.1 Å². The third kappa shape index (κ3) is 3.67. The molecule has 2 nitrogen and oxygen atoms in total. The zero-order valence-corrected chi connectivity index (χ0v) is 13.7. The number of hydrogen-bond acceptors (Lipinski definition) is 2. The van der Waals surface area contributed by atoms with E-state index < -0.39 is 0 Å². The van der Waals surface area contributed by atoms with Crippen molar-refractivity contribution in [1.29, 1.82) is 0 Å². The Bertz CT molecular complexity index is 285. The number of Topliss-reactive ketones (excluding diaryl/α,β-unsaturated/α-hetero) is 1. The molecule has 0 N–H and O–H groups in total. The van der Waals surface area contributed by atoms with Gasteiger partial charge >= 0.3 is 0 Å². The van der Waals surface area contributed by atoms with E-state index in [0.717, 1.165) is 38.4 Å². The van der Waals surface area contributed by atoms with Crippen LogP contribution >= 0.6 is 0 Å². The number of aldehydes is 1. The summed E-state index contributed by atoms with van der Waals surface area (Å²) in [7, 11) is 0. The van der Waals surface area contributed by atoms with Crippen molar-refractivity contribution in [2.45, 2.75) is 73.6 Å². The Hall–Kier alpha value is -0.660. The molecule has 2 fully saturated rings. The Kier molecular flexibility index (Phi) is 8.20. The van der Waals surface area contributed by atoms with Gasteiger partial charge in [-0.2, -0.15) is 0 Å². The summed E-state index contributed by atoms with van der Waals surface area (Å²) < 4.78 is 0. The van der Waals surface area contributed by atoms with Crippen molar-refractivity contribution >= 4 is 12.1 Å². The highest BCUT2D eigenvalue weighted by Gasteiger charge is 2.52.